The van der Waals surface area contributed by atoms with Gasteiger partial charge in [0, 0.05) is 13.6 Å². The van der Waals surface area contributed by atoms with Crippen LogP contribution in [0.15, 0.2) is 30.3 Å². The van der Waals surface area contributed by atoms with Gasteiger partial charge < -0.3 is 5.32 Å². The first-order valence-corrected chi connectivity index (χ1v) is 7.98. The summed E-state index contributed by atoms with van der Waals surface area (Å²) in [5, 5.41) is 2.74. The highest BCUT2D eigenvalue weighted by Gasteiger charge is 2.30. The summed E-state index contributed by atoms with van der Waals surface area (Å²) in [6.07, 6.45) is 1.89. The smallest absolute Gasteiger partial charge is 0.242 e. The fourth-order valence-corrected chi connectivity index (χ4v) is 2.30. The van der Waals surface area contributed by atoms with Gasteiger partial charge in [-0.05, 0) is 12.0 Å². The maximum atomic E-state index is 12.2. The van der Waals surface area contributed by atoms with Gasteiger partial charge >= 0.3 is 0 Å². The second-order valence-corrected chi connectivity index (χ2v) is 6.43. The number of hydrogen-bond acceptors (Lipinski definition) is 3. The van der Waals surface area contributed by atoms with Crippen LogP contribution in [0.3, 0.4) is 0 Å². The minimum atomic E-state index is -3.45. The van der Waals surface area contributed by atoms with Gasteiger partial charge in [-0.25, -0.2) is 8.42 Å². The average molecular weight is 284 g/mol. The first-order valence-electron chi connectivity index (χ1n) is 6.13. The molecular weight excluding hydrogens is 264 g/mol. The Kier molecular flexibility index (Phi) is 5.50. The number of amides is 1. The molecule has 0 aliphatic rings. The number of rotatable bonds is 6. The van der Waals surface area contributed by atoms with E-state index < -0.39 is 16.1 Å². The number of likely N-dealkylation sites (N-methyl/N-ethyl adjacent to an activating group) is 1. The Morgan fingerprint density at radius 3 is 2.37 bits per heavy atom. The predicted octanol–water partition coefficient (Wildman–Crippen LogP) is 1.15. The zero-order chi connectivity index (χ0) is 14.5. The topological polar surface area (TPSA) is 66.5 Å². The summed E-state index contributed by atoms with van der Waals surface area (Å²) in [7, 11) is -2.03. The number of benzene rings is 1. The molecule has 0 heterocycles. The largest absolute Gasteiger partial charge is 0.354 e. The highest BCUT2D eigenvalue weighted by atomic mass is 32.2. The number of sulfonamides is 1. The van der Waals surface area contributed by atoms with Crippen LogP contribution in [0.25, 0.3) is 0 Å². The van der Waals surface area contributed by atoms with Crippen molar-refractivity contribution < 1.29 is 13.2 Å². The summed E-state index contributed by atoms with van der Waals surface area (Å²) < 4.78 is 24.4. The third kappa shape index (κ3) is 4.33. The van der Waals surface area contributed by atoms with Crippen LogP contribution in [0.4, 0.5) is 0 Å². The molecule has 0 fully saturated rings. The van der Waals surface area contributed by atoms with Gasteiger partial charge in [-0.1, -0.05) is 37.3 Å². The van der Waals surface area contributed by atoms with Crippen molar-refractivity contribution in [2.45, 2.75) is 19.4 Å². The molecular formula is C13H20N2O3S. The third-order valence-electron chi connectivity index (χ3n) is 2.80. The summed E-state index contributed by atoms with van der Waals surface area (Å²) in [6, 6.07) is 8.06. The highest BCUT2D eigenvalue weighted by molar-refractivity contribution is 7.88. The molecule has 0 radical (unpaired) electrons. The van der Waals surface area contributed by atoms with Gasteiger partial charge in [0.05, 0.1) is 6.26 Å². The van der Waals surface area contributed by atoms with E-state index >= 15 is 0 Å². The van der Waals surface area contributed by atoms with Crippen molar-refractivity contribution in [3.8, 4) is 0 Å². The second-order valence-electron chi connectivity index (χ2n) is 4.38. The van der Waals surface area contributed by atoms with Gasteiger partial charge in [0.2, 0.25) is 15.9 Å². The van der Waals surface area contributed by atoms with Crippen molar-refractivity contribution >= 4 is 15.9 Å². The molecule has 19 heavy (non-hydrogen) atoms. The fraction of sp³-hybridized carbons (Fsp3) is 0.462. The highest BCUT2D eigenvalue weighted by Crippen LogP contribution is 2.21. The molecule has 5 nitrogen and oxygen atoms in total. The zero-order valence-electron chi connectivity index (χ0n) is 11.5. The molecule has 6 heteroatoms. The molecule has 0 aliphatic heterocycles. The molecule has 0 bridgehead atoms. The molecule has 0 saturated heterocycles. The van der Waals surface area contributed by atoms with E-state index in [1.165, 1.54) is 7.05 Å². The van der Waals surface area contributed by atoms with Gasteiger partial charge in [0.15, 0.2) is 0 Å². The molecule has 1 N–H and O–H groups in total. The Bertz CT molecular complexity index is 514. The van der Waals surface area contributed by atoms with Crippen LogP contribution >= 0.6 is 0 Å². The van der Waals surface area contributed by atoms with Crippen molar-refractivity contribution in [1.29, 1.82) is 0 Å². The van der Waals surface area contributed by atoms with Crippen LogP contribution in [0, 0.1) is 0 Å². The Labute approximate surface area is 114 Å². The van der Waals surface area contributed by atoms with Crippen LogP contribution < -0.4 is 5.32 Å². The lowest BCUT2D eigenvalue weighted by molar-refractivity contribution is -0.124. The van der Waals surface area contributed by atoms with E-state index in [9.17, 15) is 13.2 Å². The first-order chi connectivity index (χ1) is 8.88. The standard InChI is InChI=1S/C13H20N2O3S/c1-4-10-14-13(16)12(15(2)19(3,17)18)11-8-6-5-7-9-11/h5-9,12H,4,10H2,1-3H3,(H,14,16)/t12-/m1/s1. The van der Waals surface area contributed by atoms with Gasteiger partial charge in [-0.3, -0.25) is 4.79 Å². The van der Waals surface area contributed by atoms with E-state index in [-0.39, 0.29) is 5.91 Å². The Morgan fingerprint density at radius 1 is 1.32 bits per heavy atom. The third-order valence-corrected chi connectivity index (χ3v) is 4.06. The van der Waals surface area contributed by atoms with E-state index in [1.54, 1.807) is 24.3 Å². The Balaban J connectivity index is 3.08. The molecule has 1 aromatic carbocycles. The monoisotopic (exact) mass is 284 g/mol. The Hall–Kier alpha value is -1.40. The maximum Gasteiger partial charge on any atom is 0.242 e. The minimum absolute atomic E-state index is 0.305. The van der Waals surface area contributed by atoms with Gasteiger partial charge in [-0.15, -0.1) is 0 Å². The number of carbonyl (C=O) groups excluding carboxylic acids is 1. The van der Waals surface area contributed by atoms with Crippen LogP contribution in [-0.2, 0) is 14.8 Å². The lowest BCUT2D eigenvalue weighted by Gasteiger charge is -2.25. The fourth-order valence-electron chi connectivity index (χ4n) is 1.70. The van der Waals surface area contributed by atoms with Crippen molar-refractivity contribution in [1.82, 2.24) is 9.62 Å². The van der Waals surface area contributed by atoms with Crippen LogP contribution in [0.5, 0.6) is 0 Å². The quantitative estimate of drug-likeness (QED) is 0.852. The zero-order valence-corrected chi connectivity index (χ0v) is 12.3. The number of hydrogen-bond donors (Lipinski definition) is 1. The minimum Gasteiger partial charge on any atom is -0.354 e. The number of nitrogens with one attached hydrogen (secondary N) is 1. The van der Waals surface area contributed by atoms with Crippen molar-refractivity contribution in [2.75, 3.05) is 19.8 Å². The lowest BCUT2D eigenvalue weighted by atomic mass is 10.1. The van der Waals surface area contributed by atoms with E-state index in [0.29, 0.717) is 12.1 Å². The molecule has 1 aromatic rings. The molecule has 0 aliphatic carbocycles. The molecule has 1 amide bonds. The van der Waals surface area contributed by atoms with Crippen molar-refractivity contribution in [2.24, 2.45) is 0 Å². The van der Waals surface area contributed by atoms with Crippen molar-refractivity contribution in [3.63, 3.8) is 0 Å². The van der Waals surface area contributed by atoms with Gasteiger partial charge in [0.25, 0.3) is 0 Å². The van der Waals surface area contributed by atoms with E-state index in [0.717, 1.165) is 17.0 Å². The summed E-state index contributed by atoms with van der Waals surface area (Å²) in [6.45, 7) is 2.47. The van der Waals surface area contributed by atoms with Crippen LogP contribution in [0.1, 0.15) is 24.9 Å². The van der Waals surface area contributed by atoms with E-state index in [1.807, 2.05) is 13.0 Å². The molecule has 0 unspecified atom stereocenters. The number of nitrogens with zero attached hydrogens (tertiary/aromatic N) is 1. The van der Waals surface area contributed by atoms with E-state index in [4.69, 9.17) is 0 Å². The SMILES string of the molecule is CCCNC(=O)[C@@H](c1ccccc1)N(C)S(C)(=O)=O. The molecule has 1 rings (SSSR count). The molecule has 0 saturated carbocycles. The van der Waals surface area contributed by atoms with Crippen LogP contribution in [-0.4, -0.2) is 38.5 Å². The molecule has 106 valence electrons. The normalized spacial score (nSPS) is 13.3. The molecule has 0 spiro atoms. The summed E-state index contributed by atoms with van der Waals surface area (Å²) >= 11 is 0. The molecule has 1 atom stereocenters. The summed E-state index contributed by atoms with van der Waals surface area (Å²) in [5.41, 5.74) is 0.657. The summed E-state index contributed by atoms with van der Waals surface area (Å²) in [4.78, 5) is 12.2. The first kappa shape index (κ1) is 15.7. The predicted molar refractivity (Wildman–Crippen MR) is 75.1 cm³/mol. The van der Waals surface area contributed by atoms with E-state index in [2.05, 4.69) is 5.32 Å². The number of carbonyl (C=O) groups is 1. The van der Waals surface area contributed by atoms with Crippen molar-refractivity contribution in [3.05, 3.63) is 35.9 Å². The Morgan fingerprint density at radius 2 is 1.89 bits per heavy atom. The molecule has 0 aromatic heterocycles. The maximum absolute atomic E-state index is 12.2. The average Bonchev–Trinajstić information content (AvgIpc) is 2.36. The summed E-state index contributed by atoms with van der Waals surface area (Å²) in [5.74, 6) is -0.305. The van der Waals surface area contributed by atoms with Gasteiger partial charge in [0.1, 0.15) is 6.04 Å². The second kappa shape index (κ2) is 6.68. The van der Waals surface area contributed by atoms with Crippen LogP contribution in [0.2, 0.25) is 0 Å². The van der Waals surface area contributed by atoms with Gasteiger partial charge in [-0.2, -0.15) is 4.31 Å². The lowest BCUT2D eigenvalue weighted by Crippen LogP contribution is -2.41.